The monoisotopic (exact) mass is 227 g/mol. The minimum Gasteiger partial charge on any atom is -0.397 e. The summed E-state index contributed by atoms with van der Waals surface area (Å²) in [5.41, 5.74) is 7.65. The van der Waals surface area contributed by atoms with Gasteiger partial charge in [-0.15, -0.1) is 0 Å². The van der Waals surface area contributed by atoms with Gasteiger partial charge in [-0.2, -0.15) is 0 Å². The van der Waals surface area contributed by atoms with Crippen molar-refractivity contribution in [1.82, 2.24) is 4.98 Å². The van der Waals surface area contributed by atoms with Gasteiger partial charge in [-0.1, -0.05) is 30.3 Å². The Morgan fingerprint density at radius 2 is 1.88 bits per heavy atom. The molecule has 3 heteroatoms. The Balaban J connectivity index is 1.93. The Labute approximate surface area is 102 Å². The van der Waals surface area contributed by atoms with Crippen molar-refractivity contribution < 1.29 is 0 Å². The molecule has 0 bridgehead atoms. The van der Waals surface area contributed by atoms with Gasteiger partial charge in [0.2, 0.25) is 0 Å². The van der Waals surface area contributed by atoms with Gasteiger partial charge in [-0.3, -0.25) is 0 Å². The van der Waals surface area contributed by atoms with Gasteiger partial charge in [-0.05, 0) is 24.1 Å². The first-order valence-electron chi connectivity index (χ1n) is 5.72. The normalized spacial score (nSPS) is 10.2. The summed E-state index contributed by atoms with van der Waals surface area (Å²) in [7, 11) is 2.04. The molecule has 0 saturated carbocycles. The summed E-state index contributed by atoms with van der Waals surface area (Å²) in [6.45, 7) is 0.945. The van der Waals surface area contributed by atoms with Gasteiger partial charge >= 0.3 is 0 Å². The zero-order chi connectivity index (χ0) is 12.1. The molecule has 0 spiro atoms. The van der Waals surface area contributed by atoms with E-state index < -0.39 is 0 Å². The molecule has 1 heterocycles. The van der Waals surface area contributed by atoms with Crippen molar-refractivity contribution in [1.29, 1.82) is 0 Å². The number of nitrogen functional groups attached to an aromatic ring is 1. The molecular formula is C14H17N3. The third-order valence-electron chi connectivity index (χ3n) is 2.74. The summed E-state index contributed by atoms with van der Waals surface area (Å²) in [6, 6.07) is 14.3. The average Bonchev–Trinajstić information content (AvgIpc) is 2.38. The molecule has 0 saturated heterocycles. The van der Waals surface area contributed by atoms with Crippen LogP contribution in [0.5, 0.6) is 0 Å². The second kappa shape index (κ2) is 5.34. The molecule has 3 nitrogen and oxygen atoms in total. The van der Waals surface area contributed by atoms with Crippen LogP contribution in [-0.2, 0) is 6.42 Å². The van der Waals surface area contributed by atoms with Crippen LogP contribution >= 0.6 is 0 Å². The SMILES string of the molecule is CN(CCc1ccccc1)c1ccc(N)cn1. The molecule has 17 heavy (non-hydrogen) atoms. The van der Waals surface area contributed by atoms with Crippen LogP contribution in [-0.4, -0.2) is 18.6 Å². The Hall–Kier alpha value is -2.03. The maximum absolute atomic E-state index is 5.61. The van der Waals surface area contributed by atoms with Gasteiger partial charge in [0, 0.05) is 13.6 Å². The van der Waals surface area contributed by atoms with Crippen molar-refractivity contribution in [2.75, 3.05) is 24.2 Å². The molecule has 0 fully saturated rings. The third-order valence-corrected chi connectivity index (χ3v) is 2.74. The number of hydrogen-bond acceptors (Lipinski definition) is 3. The number of anilines is 2. The maximum Gasteiger partial charge on any atom is 0.128 e. The highest BCUT2D eigenvalue weighted by Gasteiger charge is 2.02. The van der Waals surface area contributed by atoms with Crippen LogP contribution in [0, 0.1) is 0 Å². The maximum atomic E-state index is 5.61. The lowest BCUT2D eigenvalue weighted by molar-refractivity contribution is 0.860. The molecule has 1 aromatic heterocycles. The van der Waals surface area contributed by atoms with E-state index in [0.717, 1.165) is 18.8 Å². The van der Waals surface area contributed by atoms with E-state index in [-0.39, 0.29) is 0 Å². The van der Waals surface area contributed by atoms with E-state index in [1.807, 2.05) is 25.2 Å². The molecule has 1 aromatic carbocycles. The van der Waals surface area contributed by atoms with Crippen molar-refractivity contribution in [2.45, 2.75) is 6.42 Å². The molecule has 0 radical (unpaired) electrons. The zero-order valence-corrected chi connectivity index (χ0v) is 10.0. The fraction of sp³-hybridized carbons (Fsp3) is 0.214. The molecule has 0 amide bonds. The minimum atomic E-state index is 0.699. The predicted octanol–water partition coefficient (Wildman–Crippen LogP) is 2.34. The van der Waals surface area contributed by atoms with E-state index in [1.54, 1.807) is 6.20 Å². The van der Waals surface area contributed by atoms with Crippen LogP contribution in [0.15, 0.2) is 48.7 Å². The minimum absolute atomic E-state index is 0.699. The Kier molecular flexibility index (Phi) is 3.60. The first-order valence-corrected chi connectivity index (χ1v) is 5.72. The van der Waals surface area contributed by atoms with Crippen LogP contribution in [0.3, 0.4) is 0 Å². The highest BCUT2D eigenvalue weighted by molar-refractivity contribution is 5.45. The Morgan fingerprint density at radius 1 is 1.12 bits per heavy atom. The van der Waals surface area contributed by atoms with Crippen LogP contribution in [0.4, 0.5) is 11.5 Å². The molecular weight excluding hydrogens is 210 g/mol. The van der Waals surface area contributed by atoms with E-state index in [2.05, 4.69) is 34.1 Å². The van der Waals surface area contributed by atoms with Crippen molar-refractivity contribution in [2.24, 2.45) is 0 Å². The summed E-state index contributed by atoms with van der Waals surface area (Å²) >= 11 is 0. The number of hydrogen-bond donors (Lipinski definition) is 1. The molecule has 0 aliphatic carbocycles. The number of nitrogens with zero attached hydrogens (tertiary/aromatic N) is 2. The molecule has 2 N–H and O–H groups in total. The average molecular weight is 227 g/mol. The number of likely N-dealkylation sites (N-methyl/N-ethyl adjacent to an activating group) is 1. The van der Waals surface area contributed by atoms with E-state index in [4.69, 9.17) is 5.73 Å². The van der Waals surface area contributed by atoms with E-state index in [0.29, 0.717) is 5.69 Å². The molecule has 0 unspecified atom stereocenters. The predicted molar refractivity (Wildman–Crippen MR) is 72.1 cm³/mol. The summed E-state index contributed by atoms with van der Waals surface area (Å²) in [5, 5.41) is 0. The molecule has 0 aliphatic rings. The largest absolute Gasteiger partial charge is 0.397 e. The molecule has 0 atom stereocenters. The Bertz CT molecular complexity index is 451. The quantitative estimate of drug-likeness (QED) is 0.871. The lowest BCUT2D eigenvalue weighted by atomic mass is 10.1. The van der Waals surface area contributed by atoms with Gasteiger partial charge in [-0.25, -0.2) is 4.98 Å². The molecule has 88 valence electrons. The van der Waals surface area contributed by atoms with Crippen molar-refractivity contribution in [3.8, 4) is 0 Å². The van der Waals surface area contributed by atoms with Gasteiger partial charge in [0.25, 0.3) is 0 Å². The Morgan fingerprint density at radius 3 is 2.53 bits per heavy atom. The third kappa shape index (κ3) is 3.21. The molecule has 2 rings (SSSR count). The smallest absolute Gasteiger partial charge is 0.128 e. The highest BCUT2D eigenvalue weighted by Crippen LogP contribution is 2.11. The molecule has 0 aliphatic heterocycles. The summed E-state index contributed by atoms with van der Waals surface area (Å²) in [6.07, 6.45) is 2.71. The van der Waals surface area contributed by atoms with Crippen molar-refractivity contribution in [3.05, 3.63) is 54.2 Å². The summed E-state index contributed by atoms with van der Waals surface area (Å²) < 4.78 is 0. The standard InChI is InChI=1S/C14H17N3/c1-17(14-8-7-13(15)11-16-14)10-9-12-5-3-2-4-6-12/h2-8,11H,9-10,15H2,1H3. The second-order valence-electron chi connectivity index (χ2n) is 4.11. The summed E-state index contributed by atoms with van der Waals surface area (Å²) in [5.74, 6) is 0.954. The number of benzene rings is 1. The fourth-order valence-corrected chi connectivity index (χ4v) is 1.68. The first-order chi connectivity index (χ1) is 8.25. The molecule has 2 aromatic rings. The van der Waals surface area contributed by atoms with Gasteiger partial charge < -0.3 is 10.6 Å². The van der Waals surface area contributed by atoms with E-state index in [1.165, 1.54) is 5.56 Å². The lowest BCUT2D eigenvalue weighted by Gasteiger charge is -2.18. The van der Waals surface area contributed by atoms with Gasteiger partial charge in [0.15, 0.2) is 0 Å². The topological polar surface area (TPSA) is 42.1 Å². The number of aromatic nitrogens is 1. The number of nitrogens with two attached hydrogens (primary N) is 1. The second-order valence-corrected chi connectivity index (χ2v) is 4.11. The van der Waals surface area contributed by atoms with Gasteiger partial charge in [0.05, 0.1) is 11.9 Å². The van der Waals surface area contributed by atoms with Crippen LogP contribution in [0.1, 0.15) is 5.56 Å². The van der Waals surface area contributed by atoms with Crippen LogP contribution < -0.4 is 10.6 Å². The van der Waals surface area contributed by atoms with Crippen molar-refractivity contribution >= 4 is 11.5 Å². The van der Waals surface area contributed by atoms with Crippen LogP contribution in [0.2, 0.25) is 0 Å². The van der Waals surface area contributed by atoms with E-state index >= 15 is 0 Å². The lowest BCUT2D eigenvalue weighted by Crippen LogP contribution is -2.21. The van der Waals surface area contributed by atoms with E-state index in [9.17, 15) is 0 Å². The first kappa shape index (κ1) is 11.5. The summed E-state index contributed by atoms with van der Waals surface area (Å²) in [4.78, 5) is 6.42. The highest BCUT2D eigenvalue weighted by atomic mass is 15.2. The fourth-order valence-electron chi connectivity index (χ4n) is 1.68. The van der Waals surface area contributed by atoms with Gasteiger partial charge in [0.1, 0.15) is 5.82 Å². The number of pyridine rings is 1. The van der Waals surface area contributed by atoms with Crippen LogP contribution in [0.25, 0.3) is 0 Å². The van der Waals surface area contributed by atoms with Crippen molar-refractivity contribution in [3.63, 3.8) is 0 Å². The number of rotatable bonds is 4. The zero-order valence-electron chi connectivity index (χ0n) is 10.0.